The van der Waals surface area contributed by atoms with E-state index in [0.29, 0.717) is 19.1 Å². The molecule has 0 aromatic carbocycles. The van der Waals surface area contributed by atoms with Crippen LogP contribution in [0.2, 0.25) is 0 Å². The SMILES string of the molecule is CC(C)(C)OC(=O)N1CCN(c2ccnn2C2COC2)CC1. The van der Waals surface area contributed by atoms with Gasteiger partial charge in [-0.2, -0.15) is 5.10 Å². The number of nitrogens with zero attached hydrogens (tertiary/aromatic N) is 4. The highest BCUT2D eigenvalue weighted by Crippen LogP contribution is 2.25. The number of amides is 1. The van der Waals surface area contributed by atoms with Gasteiger partial charge in [0, 0.05) is 32.2 Å². The largest absolute Gasteiger partial charge is 0.444 e. The molecule has 1 aromatic heterocycles. The van der Waals surface area contributed by atoms with Gasteiger partial charge in [-0.1, -0.05) is 0 Å². The third kappa shape index (κ3) is 3.19. The maximum atomic E-state index is 12.1. The quantitative estimate of drug-likeness (QED) is 0.829. The van der Waals surface area contributed by atoms with Crippen molar-refractivity contribution in [2.75, 3.05) is 44.3 Å². The van der Waals surface area contributed by atoms with Crippen molar-refractivity contribution in [1.82, 2.24) is 14.7 Å². The van der Waals surface area contributed by atoms with Gasteiger partial charge in [-0.15, -0.1) is 0 Å². The van der Waals surface area contributed by atoms with E-state index in [2.05, 4.69) is 10.00 Å². The minimum Gasteiger partial charge on any atom is -0.444 e. The Labute approximate surface area is 130 Å². The zero-order valence-corrected chi connectivity index (χ0v) is 13.5. The lowest BCUT2D eigenvalue weighted by Crippen LogP contribution is -2.51. The first-order chi connectivity index (χ1) is 10.4. The van der Waals surface area contributed by atoms with Crippen molar-refractivity contribution in [2.24, 2.45) is 0 Å². The summed E-state index contributed by atoms with van der Waals surface area (Å²) in [5, 5.41) is 4.41. The van der Waals surface area contributed by atoms with Gasteiger partial charge in [0.05, 0.1) is 19.4 Å². The fraction of sp³-hybridized carbons (Fsp3) is 0.733. The third-order valence-electron chi connectivity index (χ3n) is 3.87. The van der Waals surface area contributed by atoms with Crippen LogP contribution in [-0.4, -0.2) is 65.8 Å². The van der Waals surface area contributed by atoms with E-state index in [1.54, 1.807) is 4.90 Å². The molecule has 0 atom stereocenters. The molecule has 0 unspecified atom stereocenters. The van der Waals surface area contributed by atoms with Crippen molar-refractivity contribution in [2.45, 2.75) is 32.4 Å². The van der Waals surface area contributed by atoms with Crippen LogP contribution in [0.4, 0.5) is 10.6 Å². The molecule has 1 amide bonds. The molecular weight excluding hydrogens is 284 g/mol. The molecule has 2 saturated heterocycles. The summed E-state index contributed by atoms with van der Waals surface area (Å²) in [6.45, 7) is 10.0. The molecule has 0 aliphatic carbocycles. The van der Waals surface area contributed by atoms with Crippen LogP contribution in [0, 0.1) is 0 Å². The van der Waals surface area contributed by atoms with Crippen LogP contribution in [0.3, 0.4) is 0 Å². The second-order valence-electron chi connectivity index (χ2n) is 6.78. The van der Waals surface area contributed by atoms with Gasteiger partial charge >= 0.3 is 6.09 Å². The molecule has 3 heterocycles. The van der Waals surface area contributed by atoms with Crippen LogP contribution in [0.1, 0.15) is 26.8 Å². The van der Waals surface area contributed by atoms with Gasteiger partial charge in [0.2, 0.25) is 0 Å². The molecule has 0 N–H and O–H groups in total. The normalized spacial score (nSPS) is 20.0. The maximum absolute atomic E-state index is 12.1. The van der Waals surface area contributed by atoms with Crippen LogP contribution in [0.15, 0.2) is 12.3 Å². The smallest absolute Gasteiger partial charge is 0.410 e. The molecular formula is C15H24N4O3. The number of piperazine rings is 1. The second-order valence-corrected chi connectivity index (χ2v) is 6.78. The number of hydrogen-bond acceptors (Lipinski definition) is 5. The fourth-order valence-electron chi connectivity index (χ4n) is 2.65. The Kier molecular flexibility index (Phi) is 3.99. The lowest BCUT2D eigenvalue weighted by atomic mass is 10.2. The van der Waals surface area contributed by atoms with Crippen molar-refractivity contribution in [3.63, 3.8) is 0 Å². The van der Waals surface area contributed by atoms with Crippen LogP contribution >= 0.6 is 0 Å². The molecule has 0 bridgehead atoms. The molecule has 0 spiro atoms. The summed E-state index contributed by atoms with van der Waals surface area (Å²) in [7, 11) is 0. The first-order valence-electron chi connectivity index (χ1n) is 7.78. The molecule has 122 valence electrons. The van der Waals surface area contributed by atoms with E-state index in [-0.39, 0.29) is 6.09 Å². The summed E-state index contributed by atoms with van der Waals surface area (Å²) < 4.78 is 12.7. The van der Waals surface area contributed by atoms with Crippen LogP contribution < -0.4 is 4.90 Å². The summed E-state index contributed by atoms with van der Waals surface area (Å²) in [5.74, 6) is 1.11. The van der Waals surface area contributed by atoms with Gasteiger partial charge in [0.25, 0.3) is 0 Å². The Bertz CT molecular complexity index is 525. The number of anilines is 1. The predicted octanol–water partition coefficient (Wildman–Crippen LogP) is 1.51. The second kappa shape index (κ2) is 5.79. The Morgan fingerprint density at radius 1 is 1.27 bits per heavy atom. The van der Waals surface area contributed by atoms with Crippen LogP contribution in [-0.2, 0) is 9.47 Å². The van der Waals surface area contributed by atoms with Crippen LogP contribution in [0.25, 0.3) is 0 Å². The van der Waals surface area contributed by atoms with Gasteiger partial charge in [0.1, 0.15) is 17.5 Å². The minimum atomic E-state index is -0.447. The van der Waals surface area contributed by atoms with Gasteiger partial charge in [-0.25, -0.2) is 9.48 Å². The van der Waals surface area contributed by atoms with E-state index < -0.39 is 5.60 Å². The lowest BCUT2D eigenvalue weighted by Gasteiger charge is -2.38. The van der Waals surface area contributed by atoms with Gasteiger partial charge < -0.3 is 19.3 Å². The van der Waals surface area contributed by atoms with E-state index in [4.69, 9.17) is 9.47 Å². The number of carbonyl (C=O) groups excluding carboxylic acids is 1. The molecule has 1 aromatic rings. The molecule has 22 heavy (non-hydrogen) atoms. The Morgan fingerprint density at radius 2 is 1.95 bits per heavy atom. The van der Waals surface area contributed by atoms with E-state index in [9.17, 15) is 4.79 Å². The van der Waals surface area contributed by atoms with Gasteiger partial charge in [-0.3, -0.25) is 0 Å². The van der Waals surface area contributed by atoms with Crippen molar-refractivity contribution in [1.29, 1.82) is 0 Å². The van der Waals surface area contributed by atoms with Gasteiger partial charge in [0.15, 0.2) is 0 Å². The Balaban J connectivity index is 1.58. The number of ether oxygens (including phenoxy) is 2. The molecule has 7 nitrogen and oxygen atoms in total. The van der Waals surface area contributed by atoms with Crippen molar-refractivity contribution < 1.29 is 14.3 Å². The average molecular weight is 308 g/mol. The van der Waals surface area contributed by atoms with E-state index in [1.807, 2.05) is 37.7 Å². The van der Waals surface area contributed by atoms with Crippen molar-refractivity contribution >= 4 is 11.9 Å². The van der Waals surface area contributed by atoms with E-state index in [1.165, 1.54) is 0 Å². The average Bonchev–Trinajstić information content (AvgIpc) is 2.84. The zero-order valence-electron chi connectivity index (χ0n) is 13.5. The highest BCUT2D eigenvalue weighted by molar-refractivity contribution is 5.68. The molecule has 3 rings (SSSR count). The third-order valence-corrected chi connectivity index (χ3v) is 3.87. The molecule has 2 aliphatic heterocycles. The highest BCUT2D eigenvalue weighted by atomic mass is 16.6. The number of aromatic nitrogens is 2. The zero-order chi connectivity index (χ0) is 15.7. The minimum absolute atomic E-state index is 0.229. The van der Waals surface area contributed by atoms with Crippen LogP contribution in [0.5, 0.6) is 0 Å². The first-order valence-corrected chi connectivity index (χ1v) is 7.78. The topological polar surface area (TPSA) is 59.8 Å². The summed E-state index contributed by atoms with van der Waals surface area (Å²) in [6, 6.07) is 2.37. The summed E-state index contributed by atoms with van der Waals surface area (Å²) in [6.07, 6.45) is 1.60. The predicted molar refractivity (Wildman–Crippen MR) is 82.1 cm³/mol. The molecule has 2 aliphatic rings. The first kappa shape index (κ1) is 15.1. The monoisotopic (exact) mass is 308 g/mol. The molecule has 0 radical (unpaired) electrons. The number of carbonyl (C=O) groups is 1. The van der Waals surface area contributed by atoms with E-state index in [0.717, 1.165) is 32.1 Å². The molecule has 7 heteroatoms. The van der Waals surface area contributed by atoms with Crippen molar-refractivity contribution in [3.05, 3.63) is 12.3 Å². The Morgan fingerprint density at radius 3 is 2.50 bits per heavy atom. The fourth-order valence-corrected chi connectivity index (χ4v) is 2.65. The number of hydrogen-bond donors (Lipinski definition) is 0. The molecule has 0 saturated carbocycles. The molecule has 2 fully saturated rings. The van der Waals surface area contributed by atoms with E-state index >= 15 is 0 Å². The lowest BCUT2D eigenvalue weighted by molar-refractivity contribution is -0.0281. The summed E-state index contributed by atoms with van der Waals surface area (Å²) in [4.78, 5) is 16.1. The Hall–Kier alpha value is -1.76. The standard InChI is InChI=1S/C15H24N4O3/c1-15(2,3)22-14(20)18-8-6-17(7-9-18)13-4-5-16-19(13)12-10-21-11-12/h4-5,12H,6-11H2,1-3H3. The maximum Gasteiger partial charge on any atom is 0.410 e. The van der Waals surface area contributed by atoms with Crippen molar-refractivity contribution in [3.8, 4) is 0 Å². The summed E-state index contributed by atoms with van der Waals surface area (Å²) >= 11 is 0. The highest BCUT2D eigenvalue weighted by Gasteiger charge is 2.29. The number of rotatable bonds is 2. The van der Waals surface area contributed by atoms with Gasteiger partial charge in [-0.05, 0) is 20.8 Å². The summed E-state index contributed by atoms with van der Waals surface area (Å²) in [5.41, 5.74) is -0.447.